The van der Waals surface area contributed by atoms with Gasteiger partial charge in [0.15, 0.2) is 17.4 Å². The maximum Gasteiger partial charge on any atom is 0.325 e. The molecule has 1 aromatic carbocycles. The van der Waals surface area contributed by atoms with Crippen LogP contribution in [0.1, 0.15) is 5.56 Å². The molecule has 0 saturated heterocycles. The summed E-state index contributed by atoms with van der Waals surface area (Å²) in [5.41, 5.74) is 3.80. The molecule has 7 heteroatoms. The van der Waals surface area contributed by atoms with Crippen molar-refractivity contribution in [3.8, 4) is 5.75 Å². The molecule has 92 valence electrons. The summed E-state index contributed by atoms with van der Waals surface area (Å²) >= 11 is 0. The largest absolute Gasteiger partial charge is 0.503 e. The lowest BCUT2D eigenvalue weighted by Crippen LogP contribution is -2.31. The second-order valence-electron chi connectivity index (χ2n) is 3.14. The number of phenols is 1. The Morgan fingerprint density at radius 1 is 1.41 bits per heavy atom. The van der Waals surface area contributed by atoms with Crippen molar-refractivity contribution in [2.75, 3.05) is 0 Å². The first-order valence-corrected chi connectivity index (χ1v) is 4.36. The molecule has 1 unspecified atom stereocenters. The van der Waals surface area contributed by atoms with Gasteiger partial charge in [0, 0.05) is 11.1 Å². The molecule has 17 heavy (non-hydrogen) atoms. The number of rotatable bonds is 3. The van der Waals surface area contributed by atoms with Crippen LogP contribution in [0.15, 0.2) is 18.5 Å². The number of hydrogen-bond acceptors (Lipinski definition) is 3. The quantitative estimate of drug-likeness (QED) is 0.753. The average Bonchev–Trinajstić information content (AvgIpc) is 2.29. The van der Waals surface area contributed by atoms with Crippen molar-refractivity contribution < 1.29 is 28.2 Å². The second-order valence-corrected chi connectivity index (χ2v) is 3.14. The summed E-state index contributed by atoms with van der Waals surface area (Å²) in [5.74, 6) is -5.62. The lowest BCUT2D eigenvalue weighted by atomic mass is 9.99. The Balaban J connectivity index is 3.33. The fourth-order valence-electron chi connectivity index (χ4n) is 1.19. The molecule has 0 amide bonds. The Bertz CT molecular complexity index is 488. The third kappa shape index (κ3) is 2.39. The Labute approximate surface area is 93.8 Å². The van der Waals surface area contributed by atoms with Crippen LogP contribution in [-0.4, -0.2) is 22.2 Å². The number of carboxylic acid groups (broad SMARTS) is 1. The van der Waals surface area contributed by atoms with Gasteiger partial charge in [-0.2, -0.15) is 0 Å². The third-order valence-corrected chi connectivity index (χ3v) is 2.10. The summed E-state index contributed by atoms with van der Waals surface area (Å²) in [6, 6.07) is -0.357. The van der Waals surface area contributed by atoms with Gasteiger partial charge in [-0.25, -0.2) is 13.2 Å². The van der Waals surface area contributed by atoms with Gasteiger partial charge in [0.2, 0.25) is 0 Å². The maximum atomic E-state index is 13.4. The van der Waals surface area contributed by atoms with Crippen molar-refractivity contribution in [3.05, 3.63) is 35.7 Å². The van der Waals surface area contributed by atoms with Crippen molar-refractivity contribution in [2.24, 2.45) is 5.73 Å². The monoisotopic (exact) mass is 247 g/mol. The summed E-state index contributed by atoms with van der Waals surface area (Å²) < 4.78 is 38.6. The van der Waals surface area contributed by atoms with Gasteiger partial charge < -0.3 is 15.9 Å². The van der Waals surface area contributed by atoms with Crippen molar-refractivity contribution in [1.82, 2.24) is 0 Å². The van der Waals surface area contributed by atoms with Crippen LogP contribution in [0.5, 0.6) is 5.75 Å². The minimum atomic E-state index is -1.82. The fourth-order valence-corrected chi connectivity index (χ4v) is 1.19. The minimum Gasteiger partial charge on any atom is -0.503 e. The second kappa shape index (κ2) is 4.88. The van der Waals surface area contributed by atoms with Gasteiger partial charge in [0.1, 0.15) is 6.04 Å². The van der Waals surface area contributed by atoms with E-state index >= 15 is 0 Å². The van der Waals surface area contributed by atoms with Gasteiger partial charge in [0.05, 0.1) is 6.33 Å². The zero-order valence-corrected chi connectivity index (χ0v) is 8.32. The van der Waals surface area contributed by atoms with E-state index in [9.17, 15) is 18.0 Å². The summed E-state index contributed by atoms with van der Waals surface area (Å²) in [6.45, 7) is 0. The SMILES string of the molecule is NC(C(=O)O)/C(=C/F)c1ccc(F)c(O)c1F. The zero-order valence-electron chi connectivity index (χ0n) is 8.32. The highest BCUT2D eigenvalue weighted by Crippen LogP contribution is 2.29. The standard InChI is InChI=1S/C10H8F3NO3/c11-3-5(8(14)10(16)17)4-1-2-6(12)9(15)7(4)13/h1-3,8,15H,14H2,(H,16,17)/b5-3+. The van der Waals surface area contributed by atoms with Crippen LogP contribution in [0.4, 0.5) is 13.2 Å². The van der Waals surface area contributed by atoms with Crippen LogP contribution in [0.3, 0.4) is 0 Å². The molecule has 4 N–H and O–H groups in total. The molecule has 0 aliphatic heterocycles. The molecule has 0 bridgehead atoms. The summed E-state index contributed by atoms with van der Waals surface area (Å²) in [5, 5.41) is 17.5. The lowest BCUT2D eigenvalue weighted by Gasteiger charge is -2.12. The number of aliphatic carboxylic acids is 1. The molecule has 1 aromatic rings. The summed E-state index contributed by atoms with van der Waals surface area (Å²) in [4.78, 5) is 10.5. The number of hydrogen-bond donors (Lipinski definition) is 3. The number of aromatic hydroxyl groups is 1. The molecule has 1 rings (SSSR count). The van der Waals surface area contributed by atoms with Gasteiger partial charge in [-0.1, -0.05) is 0 Å². The molecule has 0 fully saturated rings. The average molecular weight is 247 g/mol. The van der Waals surface area contributed by atoms with E-state index in [0.717, 1.165) is 6.07 Å². The highest BCUT2D eigenvalue weighted by Gasteiger charge is 2.24. The Hall–Kier alpha value is -2.02. The maximum absolute atomic E-state index is 13.4. The number of halogens is 3. The van der Waals surface area contributed by atoms with Gasteiger partial charge in [-0.15, -0.1) is 0 Å². The van der Waals surface area contributed by atoms with Crippen molar-refractivity contribution >= 4 is 11.5 Å². The molecular formula is C10H8F3NO3. The highest BCUT2D eigenvalue weighted by atomic mass is 19.1. The number of benzene rings is 1. The molecule has 0 heterocycles. The number of carbonyl (C=O) groups is 1. The van der Waals surface area contributed by atoms with Gasteiger partial charge in [-0.05, 0) is 12.1 Å². The van der Waals surface area contributed by atoms with Crippen LogP contribution < -0.4 is 5.73 Å². The van der Waals surface area contributed by atoms with E-state index < -0.39 is 40.5 Å². The Morgan fingerprint density at radius 2 is 2.00 bits per heavy atom. The Morgan fingerprint density at radius 3 is 2.47 bits per heavy atom. The lowest BCUT2D eigenvalue weighted by molar-refractivity contribution is -0.137. The molecule has 0 aliphatic carbocycles. The predicted octanol–water partition coefficient (Wildman–Crippen LogP) is 1.39. The third-order valence-electron chi connectivity index (χ3n) is 2.10. The molecule has 0 saturated carbocycles. The highest BCUT2D eigenvalue weighted by molar-refractivity contribution is 5.91. The minimum absolute atomic E-state index is 0.200. The van der Waals surface area contributed by atoms with Crippen LogP contribution in [0, 0.1) is 11.6 Å². The zero-order chi connectivity index (χ0) is 13.2. The first-order chi connectivity index (χ1) is 7.90. The molecule has 1 atom stereocenters. The van der Waals surface area contributed by atoms with Crippen LogP contribution in [0.2, 0.25) is 0 Å². The van der Waals surface area contributed by atoms with Crippen LogP contribution in [-0.2, 0) is 4.79 Å². The number of carboxylic acids is 1. The molecule has 0 aliphatic rings. The molecule has 0 spiro atoms. The van der Waals surface area contributed by atoms with E-state index in [-0.39, 0.29) is 6.33 Å². The number of phenolic OH excluding ortho intramolecular Hbond substituents is 1. The van der Waals surface area contributed by atoms with Crippen molar-refractivity contribution in [2.45, 2.75) is 6.04 Å². The van der Waals surface area contributed by atoms with Crippen molar-refractivity contribution in [3.63, 3.8) is 0 Å². The van der Waals surface area contributed by atoms with E-state index in [1.54, 1.807) is 0 Å². The summed E-state index contributed by atoms with van der Waals surface area (Å²) in [6.07, 6.45) is -0.200. The molecular weight excluding hydrogens is 239 g/mol. The van der Waals surface area contributed by atoms with Crippen LogP contribution in [0.25, 0.3) is 5.57 Å². The van der Waals surface area contributed by atoms with E-state index in [4.69, 9.17) is 15.9 Å². The molecule has 0 radical (unpaired) electrons. The number of nitrogens with two attached hydrogens (primary N) is 1. The Kier molecular flexibility index (Phi) is 3.74. The predicted molar refractivity (Wildman–Crippen MR) is 52.7 cm³/mol. The van der Waals surface area contributed by atoms with E-state index in [2.05, 4.69) is 0 Å². The van der Waals surface area contributed by atoms with Gasteiger partial charge in [-0.3, -0.25) is 4.79 Å². The first kappa shape index (κ1) is 13.0. The van der Waals surface area contributed by atoms with E-state index in [1.807, 2.05) is 0 Å². The van der Waals surface area contributed by atoms with Crippen molar-refractivity contribution in [1.29, 1.82) is 0 Å². The smallest absolute Gasteiger partial charge is 0.325 e. The van der Waals surface area contributed by atoms with E-state index in [0.29, 0.717) is 6.07 Å². The van der Waals surface area contributed by atoms with E-state index in [1.165, 1.54) is 0 Å². The normalized spacial score (nSPS) is 13.5. The van der Waals surface area contributed by atoms with Gasteiger partial charge in [0.25, 0.3) is 0 Å². The summed E-state index contributed by atoms with van der Waals surface area (Å²) in [7, 11) is 0. The van der Waals surface area contributed by atoms with Gasteiger partial charge >= 0.3 is 5.97 Å². The molecule has 0 aromatic heterocycles. The first-order valence-electron chi connectivity index (χ1n) is 4.36. The topological polar surface area (TPSA) is 83.6 Å². The molecule has 4 nitrogen and oxygen atoms in total. The van der Waals surface area contributed by atoms with Crippen LogP contribution >= 0.6 is 0 Å². The fraction of sp³-hybridized carbons (Fsp3) is 0.100.